The summed E-state index contributed by atoms with van der Waals surface area (Å²) in [7, 11) is 17.1. The molecule has 6 unspecified atom stereocenters. The first-order valence-corrected chi connectivity index (χ1v) is 28.8. The fourth-order valence-corrected chi connectivity index (χ4v) is 64.5. The first-order valence-electron chi connectivity index (χ1n) is 12.5. The number of carbonyl (C=O) groups is 2. The van der Waals surface area contributed by atoms with E-state index in [-0.39, 0.29) is 39.3 Å². The van der Waals surface area contributed by atoms with Crippen molar-refractivity contribution in [2.24, 2.45) is 0 Å². The largest absolute Gasteiger partial charge is 0.496 e. The summed E-state index contributed by atoms with van der Waals surface area (Å²) in [6, 6.07) is 17.5. The first kappa shape index (κ1) is 49.4. The Morgan fingerprint density at radius 2 is 1.21 bits per heavy atom. The Labute approximate surface area is 309 Å². The molecule has 0 fully saturated rings. The van der Waals surface area contributed by atoms with E-state index in [2.05, 4.69) is 70.5 Å². The van der Waals surface area contributed by atoms with Gasteiger partial charge >= 0.3 is 7.12 Å². The summed E-state index contributed by atoms with van der Waals surface area (Å²) in [5.41, 5.74) is 3.12. The van der Waals surface area contributed by atoms with E-state index in [1.54, 1.807) is 44.0 Å². The number of pyridine rings is 2. The minimum Gasteiger partial charge on any atom is -0.496 e. The van der Waals surface area contributed by atoms with Crippen LogP contribution in [0, 0.1) is 0 Å². The maximum atomic E-state index is 10.9. The Kier molecular flexibility index (Phi) is 30.4. The molecule has 0 spiro atoms. The lowest BCUT2D eigenvalue weighted by Gasteiger charge is -2.22. The first-order chi connectivity index (χ1) is 21.5. The van der Waals surface area contributed by atoms with Gasteiger partial charge in [0.1, 0.15) is 11.5 Å². The van der Waals surface area contributed by atoms with Gasteiger partial charge in [-0.25, -0.2) is 0 Å². The molecule has 0 aliphatic rings. The van der Waals surface area contributed by atoms with Gasteiger partial charge in [0, 0.05) is 29.3 Å². The van der Waals surface area contributed by atoms with Gasteiger partial charge in [0.25, 0.3) is 0 Å². The summed E-state index contributed by atoms with van der Waals surface area (Å²) in [5.74, 6) is 1.01. The van der Waals surface area contributed by atoms with Crippen LogP contribution in [0.15, 0.2) is 89.9 Å². The van der Waals surface area contributed by atoms with Crippen molar-refractivity contribution in [3.05, 3.63) is 101 Å². The van der Waals surface area contributed by atoms with Crippen molar-refractivity contribution in [1.29, 1.82) is 0 Å². The zero-order valence-corrected chi connectivity index (χ0v) is 36.6. The van der Waals surface area contributed by atoms with Crippen LogP contribution in [0.4, 0.5) is 0 Å². The van der Waals surface area contributed by atoms with Gasteiger partial charge in [-0.3, -0.25) is 19.6 Å². The molecule has 0 radical (unpaired) electrons. The number of ether oxygens (including phenoxy) is 2. The summed E-state index contributed by atoms with van der Waals surface area (Å²) in [6.07, 6.45) is 8.32. The van der Waals surface area contributed by atoms with Gasteiger partial charge in [0.2, 0.25) is 0 Å². The molecule has 256 valence electrons. The zero-order valence-electron chi connectivity index (χ0n) is 24.8. The van der Waals surface area contributed by atoms with Crippen LogP contribution in [0.2, 0.25) is 0 Å². The lowest BCUT2D eigenvalue weighted by molar-refractivity contribution is 0.111. The van der Waals surface area contributed by atoms with Crippen molar-refractivity contribution in [1.82, 2.24) is 9.97 Å². The van der Waals surface area contributed by atoms with E-state index >= 15 is 0 Å². The van der Waals surface area contributed by atoms with E-state index < -0.39 is 7.12 Å². The number of methoxy groups -OCH3 is 2. The number of hydrogen-bond acceptors (Lipinski definition) is 8. The molecule has 47 heavy (non-hydrogen) atoms. The highest BCUT2D eigenvalue weighted by molar-refractivity contribution is 9.11. The van der Waals surface area contributed by atoms with Crippen LogP contribution in [-0.2, 0) is 0 Å². The third kappa shape index (κ3) is 19.5. The average molecular weight is 894 g/mol. The molecule has 0 aliphatic carbocycles. The number of aromatic nitrogens is 2. The molecule has 2 aromatic heterocycles. The van der Waals surface area contributed by atoms with Crippen LogP contribution >= 0.6 is 102 Å². The molecule has 20 heteroatoms. The second-order valence-corrected chi connectivity index (χ2v) is 39.7. The number of carbonyl (C=O) groups excluding carboxylic acids is 2. The minimum atomic E-state index is -1.57. The van der Waals surface area contributed by atoms with Crippen LogP contribution in [0.3, 0.4) is 0 Å². The Morgan fingerprint density at radius 1 is 0.766 bits per heavy atom. The van der Waals surface area contributed by atoms with Gasteiger partial charge in [-0.2, -0.15) is 0 Å². The summed E-state index contributed by atoms with van der Waals surface area (Å²) < 4.78 is 11.0. The normalized spacial score (nSPS) is 9.81. The van der Waals surface area contributed by atoms with Gasteiger partial charge in [-0.15, -0.1) is 57.0 Å². The SMILES string of the molecule is Brc1ccncc1.C.COc1ccc(-c2ccncc2)cc1C=O.COc1ccc(B(O)O)cc1C=O.Cl.PPP(P(P)P)P(P)P. The monoisotopic (exact) mass is 892 g/mol. The fourth-order valence-electron chi connectivity index (χ4n) is 3.14. The highest BCUT2D eigenvalue weighted by Gasteiger charge is 2.14. The predicted molar refractivity (Wildman–Crippen MR) is 233 cm³/mol. The third-order valence-electron chi connectivity index (χ3n) is 5.24. The fraction of sp³-hybridized carbons (Fsp3) is 0.111. The Bertz CT molecular complexity index is 1430. The topological polar surface area (TPSA) is 119 Å². The van der Waals surface area contributed by atoms with Crippen LogP contribution in [0.5, 0.6) is 11.5 Å². The van der Waals surface area contributed by atoms with Gasteiger partial charge in [-0.1, -0.05) is 43.4 Å². The molecule has 2 aromatic carbocycles. The number of benzene rings is 2. The van der Waals surface area contributed by atoms with E-state index in [0.29, 0.717) is 35.9 Å². The maximum Gasteiger partial charge on any atom is 0.488 e. The Morgan fingerprint density at radius 3 is 1.55 bits per heavy atom. The predicted octanol–water partition coefficient (Wildman–Crippen LogP) is 9.47. The maximum absolute atomic E-state index is 10.9. The summed E-state index contributed by atoms with van der Waals surface area (Å²) >= 11 is 3.27. The highest BCUT2D eigenvalue weighted by atomic mass is 79.9. The molecule has 0 amide bonds. The van der Waals surface area contributed by atoms with E-state index in [9.17, 15) is 9.59 Å². The minimum absolute atomic E-state index is 0. The van der Waals surface area contributed by atoms with Crippen LogP contribution in [0.25, 0.3) is 11.1 Å². The van der Waals surface area contributed by atoms with Crippen molar-refractivity contribution >= 4 is 127 Å². The highest BCUT2D eigenvalue weighted by Crippen LogP contribution is 3.04. The van der Waals surface area contributed by atoms with Crippen molar-refractivity contribution in [2.45, 2.75) is 7.43 Å². The Balaban J connectivity index is 0. The van der Waals surface area contributed by atoms with E-state index in [0.717, 1.165) is 29.8 Å². The van der Waals surface area contributed by atoms with Crippen molar-refractivity contribution in [3.63, 3.8) is 0 Å². The molecule has 6 atom stereocenters. The molecular weight excluding hydrogens is 853 g/mol. The van der Waals surface area contributed by atoms with Crippen molar-refractivity contribution in [2.75, 3.05) is 14.2 Å². The molecule has 0 saturated carbocycles. The van der Waals surface area contributed by atoms with Gasteiger partial charge in [0.05, 0.1) is 25.3 Å². The number of halogens is 2. The summed E-state index contributed by atoms with van der Waals surface area (Å²) in [5, 5.41) is 17.6. The zero-order chi connectivity index (χ0) is 33.8. The molecule has 4 rings (SSSR count). The van der Waals surface area contributed by atoms with Crippen molar-refractivity contribution < 1.29 is 29.1 Å². The second kappa shape index (κ2) is 28.9. The number of rotatable bonds is 9. The lowest BCUT2D eigenvalue weighted by Crippen LogP contribution is -2.30. The molecule has 4 aromatic rings. The molecular formula is C27H40BBrClN2O6P9. The second-order valence-electron chi connectivity index (χ2n) is 8.15. The number of nitrogens with zero attached hydrogens (tertiary/aromatic N) is 2. The molecule has 0 aliphatic heterocycles. The third-order valence-corrected chi connectivity index (χ3v) is 50.0. The standard InChI is InChI=1S/C13H11NO2.C8H9BO4.C5H4BrN.CH4.ClH.H11P9/c1-16-13-3-2-11(8-12(13)9-15)10-4-6-14-7-5-10;1-13-8-3-2-7(9(11)12)4-6(8)5-10;6-5-1-3-7-4-2-5;;;1-6-9(7(2)3)8(4)5/h2-9H,1H3;2-5,11-12H,1H3;1-4H;1H4;1H;6H,1-5H2. The number of hydrogen-bond donors (Lipinski definition) is 2. The summed E-state index contributed by atoms with van der Waals surface area (Å²) in [4.78, 5) is 29.2. The van der Waals surface area contributed by atoms with Crippen LogP contribution in [-0.4, -0.2) is 53.9 Å². The smallest absolute Gasteiger partial charge is 0.488 e. The quantitative estimate of drug-likeness (QED) is 0.0970. The van der Waals surface area contributed by atoms with Gasteiger partial charge in [0.15, 0.2) is 12.6 Å². The molecule has 2 heterocycles. The van der Waals surface area contributed by atoms with E-state index in [1.807, 2.05) is 30.3 Å². The van der Waals surface area contributed by atoms with E-state index in [1.165, 1.54) is 25.3 Å². The van der Waals surface area contributed by atoms with Crippen molar-refractivity contribution in [3.8, 4) is 22.6 Å². The number of aldehydes is 2. The van der Waals surface area contributed by atoms with Gasteiger partial charge in [-0.05, 0) is 86.1 Å². The lowest BCUT2D eigenvalue weighted by atomic mass is 9.79. The van der Waals surface area contributed by atoms with Crippen LogP contribution in [0.1, 0.15) is 28.1 Å². The van der Waals surface area contributed by atoms with Crippen LogP contribution < -0.4 is 14.9 Å². The molecule has 0 bridgehead atoms. The van der Waals surface area contributed by atoms with Gasteiger partial charge < -0.3 is 19.5 Å². The van der Waals surface area contributed by atoms with E-state index in [4.69, 9.17) is 19.5 Å². The molecule has 8 nitrogen and oxygen atoms in total. The molecule has 0 saturated heterocycles. The molecule has 2 N–H and O–H groups in total. The summed E-state index contributed by atoms with van der Waals surface area (Å²) in [6.45, 7) is 0.642. The average Bonchev–Trinajstić information content (AvgIpc) is 3.05. The Hall–Kier alpha value is 0.305.